The minimum absolute atomic E-state index is 0.108. The van der Waals surface area contributed by atoms with Gasteiger partial charge in [0.25, 0.3) is 0 Å². The summed E-state index contributed by atoms with van der Waals surface area (Å²) in [5.74, 6) is 6.52. The van der Waals surface area contributed by atoms with Gasteiger partial charge in [-0.05, 0) is 45.0 Å². The van der Waals surface area contributed by atoms with Crippen molar-refractivity contribution in [3.8, 4) is 22.4 Å². The van der Waals surface area contributed by atoms with Crippen molar-refractivity contribution in [1.29, 1.82) is 0 Å². The number of rotatable bonds is 2. The number of anilines is 1. The molecule has 3 aromatic heterocycles. The number of nitrogens with zero attached hydrogens (tertiary/aromatic N) is 3. The third-order valence-corrected chi connectivity index (χ3v) is 4.94. The number of benzene rings is 1. The summed E-state index contributed by atoms with van der Waals surface area (Å²) in [6, 6.07) is 14.3. The van der Waals surface area contributed by atoms with Crippen LogP contribution in [-0.2, 0) is 0 Å². The predicted molar refractivity (Wildman–Crippen MR) is 112 cm³/mol. The fourth-order valence-electron chi connectivity index (χ4n) is 2.75. The Morgan fingerprint density at radius 2 is 1.89 bits per heavy atom. The molecule has 0 saturated carbocycles. The highest BCUT2D eigenvalue weighted by molar-refractivity contribution is 7.16. The maximum Gasteiger partial charge on any atom is 0.158 e. The van der Waals surface area contributed by atoms with Gasteiger partial charge in [0.2, 0.25) is 0 Å². The van der Waals surface area contributed by atoms with E-state index in [4.69, 9.17) is 4.98 Å². The Morgan fingerprint density at radius 1 is 1.07 bits per heavy atom. The molecular weight excluding hydrogens is 371 g/mol. The van der Waals surface area contributed by atoms with Crippen LogP contribution < -0.4 is 5.32 Å². The molecule has 0 aliphatic carbocycles. The molecule has 0 atom stereocenters. The van der Waals surface area contributed by atoms with Gasteiger partial charge in [-0.3, -0.25) is 0 Å². The van der Waals surface area contributed by atoms with Crippen molar-refractivity contribution in [3.63, 3.8) is 0 Å². The molecule has 28 heavy (non-hydrogen) atoms. The lowest BCUT2D eigenvalue weighted by molar-refractivity contribution is 0.624. The molecule has 0 bridgehead atoms. The van der Waals surface area contributed by atoms with Crippen LogP contribution in [-0.4, -0.2) is 20.1 Å². The summed E-state index contributed by atoms with van der Waals surface area (Å²) in [4.78, 5) is 6.56. The van der Waals surface area contributed by atoms with Gasteiger partial charge in [0.1, 0.15) is 11.6 Å². The van der Waals surface area contributed by atoms with Gasteiger partial charge in [0.05, 0.1) is 27.2 Å². The third kappa shape index (κ3) is 3.90. The van der Waals surface area contributed by atoms with Gasteiger partial charge >= 0.3 is 0 Å². The summed E-state index contributed by atoms with van der Waals surface area (Å²) in [5, 5.41) is 7.83. The molecular formula is C22H19FN4S. The predicted octanol–water partition coefficient (Wildman–Crippen LogP) is 5.21. The first-order chi connectivity index (χ1) is 13.4. The number of nitrogens with one attached hydrogen (secondary N) is 1. The molecule has 0 aliphatic heterocycles. The number of aromatic nitrogens is 3. The Hall–Kier alpha value is -3.17. The first-order valence-electron chi connectivity index (χ1n) is 8.89. The molecule has 0 saturated heterocycles. The van der Waals surface area contributed by atoms with Crippen molar-refractivity contribution in [2.45, 2.75) is 26.3 Å². The second kappa shape index (κ2) is 7.10. The first kappa shape index (κ1) is 18.2. The van der Waals surface area contributed by atoms with Crippen LogP contribution in [0.2, 0.25) is 0 Å². The molecule has 0 fully saturated rings. The van der Waals surface area contributed by atoms with Crippen molar-refractivity contribution in [2.75, 3.05) is 5.32 Å². The normalized spacial score (nSPS) is 11.3. The zero-order valence-corrected chi connectivity index (χ0v) is 16.6. The average Bonchev–Trinajstić information content (AvgIpc) is 3.29. The molecule has 3 heterocycles. The molecule has 4 rings (SSSR count). The van der Waals surface area contributed by atoms with Crippen molar-refractivity contribution in [2.24, 2.45) is 0 Å². The molecule has 0 aliphatic rings. The van der Waals surface area contributed by atoms with Crippen LogP contribution in [0, 0.1) is 17.7 Å². The van der Waals surface area contributed by atoms with E-state index in [9.17, 15) is 4.39 Å². The monoisotopic (exact) mass is 390 g/mol. The molecule has 0 amide bonds. The van der Waals surface area contributed by atoms with Crippen molar-refractivity contribution >= 4 is 22.8 Å². The quantitative estimate of drug-likeness (QED) is 0.478. The van der Waals surface area contributed by atoms with Gasteiger partial charge in [0, 0.05) is 17.7 Å². The largest absolute Gasteiger partial charge is 0.365 e. The first-order valence-corrected chi connectivity index (χ1v) is 9.70. The number of thiophene rings is 1. The van der Waals surface area contributed by atoms with E-state index in [-0.39, 0.29) is 11.4 Å². The number of fused-ring (bicyclic) bond motifs is 1. The fraction of sp³-hybridized carbons (Fsp3) is 0.182. The van der Waals surface area contributed by atoms with Gasteiger partial charge in [0.15, 0.2) is 5.65 Å². The SMILES string of the molecule is CC(C)(C)Nc1cc(-c2ccc(C#Cc3ccccc3F)s2)nc2ccnn12. The standard InChI is InChI=1S/C22H19FN4S/c1-22(2,3)26-21-14-18(25-20-12-13-24-27(20)21)19-11-10-16(28-19)9-8-15-6-4-5-7-17(15)23/h4-7,10-14,26H,1-3H3. The topological polar surface area (TPSA) is 42.2 Å². The van der Waals surface area contributed by atoms with Crippen LogP contribution in [0.5, 0.6) is 0 Å². The smallest absolute Gasteiger partial charge is 0.158 e. The molecule has 6 heteroatoms. The maximum atomic E-state index is 13.7. The van der Waals surface area contributed by atoms with E-state index < -0.39 is 0 Å². The number of halogens is 1. The highest BCUT2D eigenvalue weighted by Gasteiger charge is 2.15. The Kier molecular flexibility index (Phi) is 4.62. The lowest BCUT2D eigenvalue weighted by atomic mass is 10.1. The molecule has 4 nitrogen and oxygen atoms in total. The highest BCUT2D eigenvalue weighted by Crippen LogP contribution is 2.29. The van der Waals surface area contributed by atoms with E-state index in [0.717, 1.165) is 26.9 Å². The second-order valence-corrected chi connectivity index (χ2v) is 8.48. The van der Waals surface area contributed by atoms with Crippen molar-refractivity contribution < 1.29 is 4.39 Å². The molecule has 1 N–H and O–H groups in total. The fourth-order valence-corrected chi connectivity index (χ4v) is 3.57. The second-order valence-electron chi connectivity index (χ2n) is 7.40. The Labute approximate surface area is 167 Å². The van der Waals surface area contributed by atoms with Gasteiger partial charge in [-0.25, -0.2) is 9.37 Å². The van der Waals surface area contributed by atoms with Gasteiger partial charge in [-0.1, -0.05) is 24.0 Å². The van der Waals surface area contributed by atoms with Gasteiger partial charge < -0.3 is 5.32 Å². The van der Waals surface area contributed by atoms with E-state index in [0.29, 0.717) is 5.56 Å². The maximum absolute atomic E-state index is 13.7. The summed E-state index contributed by atoms with van der Waals surface area (Å²) >= 11 is 1.53. The molecule has 1 aromatic carbocycles. The van der Waals surface area contributed by atoms with E-state index in [1.165, 1.54) is 17.4 Å². The van der Waals surface area contributed by atoms with Crippen LogP contribution in [0.15, 0.2) is 54.7 Å². The van der Waals surface area contributed by atoms with E-state index in [1.807, 2.05) is 24.3 Å². The van der Waals surface area contributed by atoms with Crippen molar-refractivity contribution in [3.05, 3.63) is 71.0 Å². The number of hydrogen-bond acceptors (Lipinski definition) is 4. The summed E-state index contributed by atoms with van der Waals surface area (Å²) < 4.78 is 15.5. The summed E-state index contributed by atoms with van der Waals surface area (Å²) in [6.07, 6.45) is 1.74. The van der Waals surface area contributed by atoms with E-state index in [1.54, 1.807) is 28.9 Å². The summed E-state index contributed by atoms with van der Waals surface area (Å²) in [6.45, 7) is 6.30. The minimum atomic E-state index is -0.308. The van der Waals surface area contributed by atoms with Crippen LogP contribution in [0.25, 0.3) is 16.2 Å². The van der Waals surface area contributed by atoms with E-state index >= 15 is 0 Å². The minimum Gasteiger partial charge on any atom is -0.365 e. The molecule has 140 valence electrons. The molecule has 0 radical (unpaired) electrons. The molecule has 0 spiro atoms. The third-order valence-electron chi connectivity index (χ3n) is 3.92. The zero-order chi connectivity index (χ0) is 19.7. The Bertz CT molecular complexity index is 1200. The Morgan fingerprint density at radius 3 is 2.68 bits per heavy atom. The summed E-state index contributed by atoms with van der Waals surface area (Å²) in [5.41, 5.74) is 1.91. The lowest BCUT2D eigenvalue weighted by Gasteiger charge is -2.22. The van der Waals surface area contributed by atoms with Crippen LogP contribution >= 0.6 is 11.3 Å². The highest BCUT2D eigenvalue weighted by atomic mass is 32.1. The van der Waals surface area contributed by atoms with Crippen LogP contribution in [0.3, 0.4) is 0 Å². The molecule has 0 unspecified atom stereocenters. The average molecular weight is 390 g/mol. The lowest BCUT2D eigenvalue weighted by Crippen LogP contribution is -2.27. The van der Waals surface area contributed by atoms with Crippen molar-refractivity contribution in [1.82, 2.24) is 14.6 Å². The van der Waals surface area contributed by atoms with Gasteiger partial charge in [-0.15, -0.1) is 11.3 Å². The Balaban J connectivity index is 1.69. The number of hydrogen-bond donors (Lipinski definition) is 1. The van der Waals surface area contributed by atoms with E-state index in [2.05, 4.69) is 43.0 Å². The van der Waals surface area contributed by atoms with Gasteiger partial charge in [-0.2, -0.15) is 9.61 Å². The molecule has 4 aromatic rings. The zero-order valence-electron chi connectivity index (χ0n) is 15.8. The van der Waals surface area contributed by atoms with Crippen LogP contribution in [0.4, 0.5) is 10.2 Å². The summed E-state index contributed by atoms with van der Waals surface area (Å²) in [7, 11) is 0. The van der Waals surface area contributed by atoms with Crippen LogP contribution in [0.1, 0.15) is 31.2 Å².